The second kappa shape index (κ2) is 8.68. The Morgan fingerprint density at radius 3 is 2.56 bits per heavy atom. The van der Waals surface area contributed by atoms with Gasteiger partial charge in [-0.3, -0.25) is 9.59 Å². The molecule has 32 heavy (non-hydrogen) atoms. The first-order valence-corrected chi connectivity index (χ1v) is 10.2. The number of carbonyl (C=O) groups excluding carboxylic acids is 2. The molecule has 0 saturated carbocycles. The van der Waals surface area contributed by atoms with Gasteiger partial charge < -0.3 is 19.2 Å². The molecule has 6 nitrogen and oxygen atoms in total. The smallest absolute Gasteiger partial charge is 0.296 e. The van der Waals surface area contributed by atoms with Crippen molar-refractivity contribution in [2.45, 2.75) is 12.6 Å². The van der Waals surface area contributed by atoms with Crippen molar-refractivity contribution in [1.82, 2.24) is 4.90 Å². The second-order valence-electron chi connectivity index (χ2n) is 7.03. The van der Waals surface area contributed by atoms with E-state index in [0.717, 1.165) is 6.07 Å². The van der Waals surface area contributed by atoms with Gasteiger partial charge in [-0.1, -0.05) is 29.3 Å². The first kappa shape index (κ1) is 21.9. The minimum absolute atomic E-state index is 0.0179. The number of rotatable bonds is 5. The Morgan fingerprint density at radius 1 is 1.16 bits per heavy atom. The van der Waals surface area contributed by atoms with Crippen molar-refractivity contribution >= 4 is 40.7 Å². The van der Waals surface area contributed by atoms with Crippen molar-refractivity contribution in [3.63, 3.8) is 0 Å². The number of aliphatic hydroxyl groups excluding tert-OH is 1. The van der Waals surface area contributed by atoms with E-state index in [9.17, 15) is 19.1 Å². The molecule has 0 spiro atoms. The van der Waals surface area contributed by atoms with Crippen LogP contribution in [0.4, 0.5) is 4.39 Å². The SMILES string of the molecule is COc1ccc(C(O)=C2C(=O)C(=O)N(Cc3ccco3)C2c2ccc(Cl)c(Cl)c2)cc1F. The highest BCUT2D eigenvalue weighted by Gasteiger charge is 2.46. The van der Waals surface area contributed by atoms with Gasteiger partial charge in [-0.25, -0.2) is 4.39 Å². The van der Waals surface area contributed by atoms with Gasteiger partial charge in [-0.05, 0) is 48.0 Å². The topological polar surface area (TPSA) is 80.0 Å². The molecule has 164 valence electrons. The zero-order valence-corrected chi connectivity index (χ0v) is 18.2. The van der Waals surface area contributed by atoms with E-state index in [1.165, 1.54) is 42.5 Å². The molecule has 0 aliphatic carbocycles. The van der Waals surface area contributed by atoms with Crippen molar-refractivity contribution < 1.29 is 28.2 Å². The summed E-state index contributed by atoms with van der Waals surface area (Å²) in [4.78, 5) is 27.2. The summed E-state index contributed by atoms with van der Waals surface area (Å²) < 4.78 is 24.5. The molecule has 9 heteroatoms. The molecule has 2 heterocycles. The maximum absolute atomic E-state index is 14.3. The molecule has 1 aromatic heterocycles. The van der Waals surface area contributed by atoms with Crippen LogP contribution in [0.3, 0.4) is 0 Å². The number of halogens is 3. The number of hydrogen-bond donors (Lipinski definition) is 1. The van der Waals surface area contributed by atoms with Crippen molar-refractivity contribution in [2.24, 2.45) is 0 Å². The Hall–Kier alpha value is -3.29. The minimum atomic E-state index is -1.000. The molecule has 0 bridgehead atoms. The number of furan rings is 1. The highest BCUT2D eigenvalue weighted by Crippen LogP contribution is 2.42. The number of Topliss-reactive ketones (excluding diaryl/α,β-unsaturated/α-hetero) is 1. The predicted molar refractivity (Wildman–Crippen MR) is 116 cm³/mol. The summed E-state index contributed by atoms with van der Waals surface area (Å²) in [5, 5.41) is 11.5. The lowest BCUT2D eigenvalue weighted by molar-refractivity contribution is -0.140. The predicted octanol–water partition coefficient (Wildman–Crippen LogP) is 5.36. The molecular weight excluding hydrogens is 460 g/mol. The van der Waals surface area contributed by atoms with Gasteiger partial charge in [0.2, 0.25) is 0 Å². The van der Waals surface area contributed by atoms with Crippen LogP contribution >= 0.6 is 23.2 Å². The van der Waals surface area contributed by atoms with Crippen LogP contribution in [0, 0.1) is 5.82 Å². The van der Waals surface area contributed by atoms with E-state index in [4.69, 9.17) is 32.4 Å². The summed E-state index contributed by atoms with van der Waals surface area (Å²) in [6, 6.07) is 10.7. The molecule has 0 radical (unpaired) electrons. The number of methoxy groups -OCH3 is 1. The fourth-order valence-corrected chi connectivity index (χ4v) is 3.92. The van der Waals surface area contributed by atoms with Crippen LogP contribution in [-0.4, -0.2) is 28.8 Å². The number of nitrogens with zero attached hydrogens (tertiary/aromatic N) is 1. The summed E-state index contributed by atoms with van der Waals surface area (Å²) in [5.74, 6) is -2.60. The Balaban J connectivity index is 1.89. The summed E-state index contributed by atoms with van der Waals surface area (Å²) in [5.41, 5.74) is 0.259. The van der Waals surface area contributed by atoms with E-state index in [1.807, 2.05) is 0 Å². The zero-order valence-electron chi connectivity index (χ0n) is 16.6. The number of benzene rings is 2. The minimum Gasteiger partial charge on any atom is -0.507 e. The fraction of sp³-hybridized carbons (Fsp3) is 0.130. The van der Waals surface area contributed by atoms with E-state index in [-0.39, 0.29) is 33.5 Å². The van der Waals surface area contributed by atoms with Gasteiger partial charge >= 0.3 is 0 Å². The molecule has 1 unspecified atom stereocenters. The zero-order chi connectivity index (χ0) is 23.0. The van der Waals surface area contributed by atoms with Gasteiger partial charge in [-0.2, -0.15) is 0 Å². The normalized spacial score (nSPS) is 17.8. The Labute approximate surface area is 192 Å². The largest absolute Gasteiger partial charge is 0.507 e. The van der Waals surface area contributed by atoms with E-state index in [2.05, 4.69) is 0 Å². The molecule has 1 amide bonds. The van der Waals surface area contributed by atoms with E-state index in [1.54, 1.807) is 18.2 Å². The molecule has 3 aromatic rings. The maximum Gasteiger partial charge on any atom is 0.296 e. The third-order valence-electron chi connectivity index (χ3n) is 5.13. The number of hydrogen-bond acceptors (Lipinski definition) is 5. The van der Waals surface area contributed by atoms with Crippen LogP contribution in [-0.2, 0) is 16.1 Å². The molecule has 1 saturated heterocycles. The lowest BCUT2D eigenvalue weighted by atomic mass is 9.95. The van der Waals surface area contributed by atoms with Gasteiger partial charge in [0, 0.05) is 5.56 Å². The van der Waals surface area contributed by atoms with Crippen LogP contribution in [0.5, 0.6) is 5.75 Å². The molecule has 1 aliphatic heterocycles. The highest BCUT2D eigenvalue weighted by atomic mass is 35.5. The van der Waals surface area contributed by atoms with Gasteiger partial charge in [0.25, 0.3) is 11.7 Å². The average molecular weight is 476 g/mol. The molecule has 2 aromatic carbocycles. The number of likely N-dealkylation sites (tertiary alicyclic amines) is 1. The van der Waals surface area contributed by atoms with Crippen molar-refractivity contribution in [3.05, 3.63) is 93.1 Å². The number of amides is 1. The van der Waals surface area contributed by atoms with Crippen LogP contribution in [0.1, 0.15) is 22.9 Å². The van der Waals surface area contributed by atoms with Crippen molar-refractivity contribution in [1.29, 1.82) is 0 Å². The van der Waals surface area contributed by atoms with E-state index in [0.29, 0.717) is 11.3 Å². The van der Waals surface area contributed by atoms with Crippen LogP contribution in [0.15, 0.2) is 64.8 Å². The number of aliphatic hydroxyl groups is 1. The summed E-state index contributed by atoms with van der Waals surface area (Å²) in [6.45, 7) is -0.0315. The Bertz CT molecular complexity index is 1240. The summed E-state index contributed by atoms with van der Waals surface area (Å²) in [7, 11) is 1.31. The first-order valence-electron chi connectivity index (χ1n) is 9.41. The quantitative estimate of drug-likeness (QED) is 0.305. The van der Waals surface area contributed by atoms with Crippen molar-refractivity contribution in [2.75, 3.05) is 7.11 Å². The van der Waals surface area contributed by atoms with Gasteiger partial charge in [0.15, 0.2) is 11.6 Å². The number of carbonyl (C=O) groups is 2. The molecular formula is C23H16Cl2FNO5. The third kappa shape index (κ3) is 3.85. The van der Waals surface area contributed by atoms with Crippen molar-refractivity contribution in [3.8, 4) is 5.75 Å². The summed E-state index contributed by atoms with van der Waals surface area (Å²) in [6.07, 6.45) is 1.44. The van der Waals surface area contributed by atoms with Gasteiger partial charge in [0.05, 0.1) is 41.6 Å². The highest BCUT2D eigenvalue weighted by molar-refractivity contribution is 6.46. The van der Waals surface area contributed by atoms with Gasteiger partial charge in [0.1, 0.15) is 11.5 Å². The number of ketones is 1. The van der Waals surface area contributed by atoms with Crippen LogP contribution in [0.2, 0.25) is 10.0 Å². The molecule has 4 rings (SSSR count). The second-order valence-corrected chi connectivity index (χ2v) is 7.84. The third-order valence-corrected chi connectivity index (χ3v) is 5.87. The lowest BCUT2D eigenvalue weighted by Crippen LogP contribution is -2.29. The van der Waals surface area contributed by atoms with E-state index >= 15 is 0 Å². The average Bonchev–Trinajstić information content (AvgIpc) is 3.37. The molecule has 1 N–H and O–H groups in total. The Kier molecular flexibility index (Phi) is 5.95. The number of ether oxygens (including phenoxy) is 1. The Morgan fingerprint density at radius 2 is 1.94 bits per heavy atom. The first-order chi connectivity index (χ1) is 15.3. The molecule has 1 aliphatic rings. The van der Waals surface area contributed by atoms with Crippen LogP contribution in [0.25, 0.3) is 5.76 Å². The standard InChI is InChI=1S/C23H16Cl2FNO5/c1-31-18-7-5-13(10-17(18)26)21(28)19-20(12-4-6-15(24)16(25)9-12)27(23(30)22(19)29)11-14-3-2-8-32-14/h2-10,20,28H,11H2,1H3. The molecule has 1 atom stereocenters. The molecule has 1 fully saturated rings. The lowest BCUT2D eigenvalue weighted by Gasteiger charge is -2.24. The van der Waals surface area contributed by atoms with E-state index < -0.39 is 29.3 Å². The maximum atomic E-state index is 14.3. The summed E-state index contributed by atoms with van der Waals surface area (Å²) >= 11 is 12.2. The van der Waals surface area contributed by atoms with Crippen LogP contribution < -0.4 is 4.74 Å². The van der Waals surface area contributed by atoms with Gasteiger partial charge in [-0.15, -0.1) is 0 Å². The fourth-order valence-electron chi connectivity index (χ4n) is 3.61. The monoisotopic (exact) mass is 475 g/mol.